The molecule has 0 aliphatic heterocycles. The van der Waals surface area contributed by atoms with Crippen molar-refractivity contribution in [2.45, 2.75) is 40.2 Å². The van der Waals surface area contributed by atoms with Crippen molar-refractivity contribution in [1.82, 2.24) is 5.32 Å². The Morgan fingerprint density at radius 3 is 2.47 bits per heavy atom. The van der Waals surface area contributed by atoms with Gasteiger partial charge in [-0.3, -0.25) is 0 Å². The highest BCUT2D eigenvalue weighted by Gasteiger charge is 2.16. The zero-order valence-corrected chi connectivity index (χ0v) is 12.4. The molecule has 1 N–H and O–H groups in total. The molecule has 3 nitrogen and oxygen atoms in total. The topological polar surface area (TPSA) is 45.0 Å². The fraction of sp³-hybridized carbons (Fsp3) is 0.562. The van der Waals surface area contributed by atoms with Crippen molar-refractivity contribution in [2.75, 3.05) is 13.2 Å². The summed E-state index contributed by atoms with van der Waals surface area (Å²) in [6, 6.07) is 10.8. The Balaban J connectivity index is 2.47. The summed E-state index contributed by atoms with van der Waals surface area (Å²) in [6.45, 7) is 9.64. The first-order valence-corrected chi connectivity index (χ1v) is 6.86. The normalized spacial score (nSPS) is 12.8. The predicted octanol–water partition coefficient (Wildman–Crippen LogP) is 3.68. The van der Waals surface area contributed by atoms with Crippen molar-refractivity contribution >= 4 is 0 Å². The second-order valence-electron chi connectivity index (χ2n) is 5.44. The molecule has 0 saturated heterocycles. The fourth-order valence-electron chi connectivity index (χ4n) is 1.76. The van der Waals surface area contributed by atoms with Gasteiger partial charge in [0.25, 0.3) is 0 Å². The molecule has 3 heteroatoms. The Morgan fingerprint density at radius 2 is 1.95 bits per heavy atom. The van der Waals surface area contributed by atoms with E-state index < -0.39 is 0 Å². The van der Waals surface area contributed by atoms with E-state index >= 15 is 0 Å². The molecule has 0 aliphatic rings. The van der Waals surface area contributed by atoms with E-state index in [1.165, 1.54) is 5.56 Å². The summed E-state index contributed by atoms with van der Waals surface area (Å²) in [5.74, 6) is 0.862. The molecule has 19 heavy (non-hydrogen) atoms. The van der Waals surface area contributed by atoms with Gasteiger partial charge in [-0.15, -0.1) is 0 Å². The molecule has 0 fully saturated rings. The quantitative estimate of drug-likeness (QED) is 0.813. The molecule has 1 atom stereocenters. The number of nitrogens with one attached hydrogen (secondary N) is 1. The average Bonchev–Trinajstić information content (AvgIpc) is 2.39. The second kappa shape index (κ2) is 7.16. The molecule has 0 spiro atoms. The lowest BCUT2D eigenvalue weighted by molar-refractivity contribution is 0.264. The van der Waals surface area contributed by atoms with Gasteiger partial charge in [-0.1, -0.05) is 19.1 Å². The first kappa shape index (κ1) is 15.5. The number of rotatable bonds is 7. The van der Waals surface area contributed by atoms with Gasteiger partial charge in [0.05, 0.1) is 18.1 Å². The van der Waals surface area contributed by atoms with E-state index in [1.807, 2.05) is 26.0 Å². The SMILES string of the molecule is CCNC(C)c1ccc(OCCC(C)(C)C#N)cc1. The Kier molecular flexibility index (Phi) is 5.85. The minimum Gasteiger partial charge on any atom is -0.494 e. The number of nitrogens with zero attached hydrogens (tertiary/aromatic N) is 1. The lowest BCUT2D eigenvalue weighted by Crippen LogP contribution is -2.17. The summed E-state index contributed by atoms with van der Waals surface area (Å²) in [5.41, 5.74) is 0.936. The smallest absolute Gasteiger partial charge is 0.119 e. The summed E-state index contributed by atoms with van der Waals surface area (Å²) in [6.07, 6.45) is 0.735. The van der Waals surface area contributed by atoms with Crippen LogP contribution in [0.4, 0.5) is 0 Å². The third-order valence-electron chi connectivity index (χ3n) is 3.19. The van der Waals surface area contributed by atoms with Gasteiger partial charge < -0.3 is 10.1 Å². The summed E-state index contributed by atoms with van der Waals surface area (Å²) in [7, 11) is 0. The molecule has 0 bridgehead atoms. The lowest BCUT2D eigenvalue weighted by atomic mass is 9.92. The molecule has 1 unspecified atom stereocenters. The zero-order valence-electron chi connectivity index (χ0n) is 12.4. The summed E-state index contributed by atoms with van der Waals surface area (Å²) >= 11 is 0. The van der Waals surface area contributed by atoms with Crippen molar-refractivity contribution in [2.24, 2.45) is 5.41 Å². The van der Waals surface area contributed by atoms with Gasteiger partial charge in [0.15, 0.2) is 0 Å². The van der Waals surface area contributed by atoms with Crippen LogP contribution < -0.4 is 10.1 Å². The highest BCUT2D eigenvalue weighted by molar-refractivity contribution is 5.28. The van der Waals surface area contributed by atoms with Crippen LogP contribution in [0.15, 0.2) is 24.3 Å². The fourth-order valence-corrected chi connectivity index (χ4v) is 1.76. The molecule has 104 valence electrons. The molecule has 0 heterocycles. The molecule has 1 rings (SSSR count). The van der Waals surface area contributed by atoms with Crippen LogP contribution in [-0.2, 0) is 0 Å². The van der Waals surface area contributed by atoms with Crippen molar-refractivity contribution in [3.63, 3.8) is 0 Å². The van der Waals surface area contributed by atoms with Crippen LogP contribution in [-0.4, -0.2) is 13.2 Å². The van der Waals surface area contributed by atoms with Crippen LogP contribution >= 0.6 is 0 Å². The minimum atomic E-state index is -0.320. The second-order valence-corrected chi connectivity index (χ2v) is 5.44. The predicted molar refractivity (Wildman–Crippen MR) is 78.0 cm³/mol. The van der Waals surface area contributed by atoms with Crippen LogP contribution in [0, 0.1) is 16.7 Å². The number of ether oxygens (including phenoxy) is 1. The van der Waals surface area contributed by atoms with Crippen LogP contribution in [0.1, 0.15) is 45.7 Å². The van der Waals surface area contributed by atoms with E-state index in [-0.39, 0.29) is 5.41 Å². The van der Waals surface area contributed by atoms with Crippen molar-refractivity contribution in [3.8, 4) is 11.8 Å². The van der Waals surface area contributed by atoms with E-state index in [0.717, 1.165) is 18.7 Å². The average molecular weight is 260 g/mol. The molecular weight excluding hydrogens is 236 g/mol. The highest BCUT2D eigenvalue weighted by Crippen LogP contribution is 2.21. The third kappa shape index (κ3) is 5.32. The maximum atomic E-state index is 8.93. The molecule has 0 radical (unpaired) electrons. The van der Waals surface area contributed by atoms with E-state index in [2.05, 4.69) is 37.4 Å². The molecule has 1 aromatic carbocycles. The van der Waals surface area contributed by atoms with Gasteiger partial charge in [-0.05, 0) is 51.4 Å². The van der Waals surface area contributed by atoms with Crippen molar-refractivity contribution in [3.05, 3.63) is 29.8 Å². The van der Waals surface area contributed by atoms with E-state index in [4.69, 9.17) is 10.00 Å². The first-order valence-electron chi connectivity index (χ1n) is 6.86. The van der Waals surface area contributed by atoms with E-state index in [9.17, 15) is 0 Å². The number of hydrogen-bond acceptors (Lipinski definition) is 3. The monoisotopic (exact) mass is 260 g/mol. The Hall–Kier alpha value is -1.53. The first-order chi connectivity index (χ1) is 8.98. The highest BCUT2D eigenvalue weighted by atomic mass is 16.5. The molecular formula is C16H24N2O. The van der Waals surface area contributed by atoms with Gasteiger partial charge >= 0.3 is 0 Å². The number of nitriles is 1. The van der Waals surface area contributed by atoms with Gasteiger partial charge in [-0.2, -0.15) is 5.26 Å². The van der Waals surface area contributed by atoms with Gasteiger partial charge in [0.2, 0.25) is 0 Å². The van der Waals surface area contributed by atoms with Crippen LogP contribution in [0.2, 0.25) is 0 Å². The van der Waals surface area contributed by atoms with Gasteiger partial charge in [0.1, 0.15) is 5.75 Å². The van der Waals surface area contributed by atoms with Gasteiger partial charge in [0, 0.05) is 6.04 Å². The summed E-state index contributed by atoms with van der Waals surface area (Å²) in [5, 5.41) is 12.3. The molecule has 0 aromatic heterocycles. The van der Waals surface area contributed by atoms with Crippen molar-refractivity contribution in [1.29, 1.82) is 5.26 Å². The number of hydrogen-bond donors (Lipinski definition) is 1. The standard InChI is InChI=1S/C16H24N2O/c1-5-18-13(2)14-6-8-15(9-7-14)19-11-10-16(3,4)12-17/h6-9,13,18H,5,10-11H2,1-4H3. The Bertz CT molecular complexity index is 417. The van der Waals surface area contributed by atoms with Crippen LogP contribution in [0.3, 0.4) is 0 Å². The van der Waals surface area contributed by atoms with Gasteiger partial charge in [-0.25, -0.2) is 0 Å². The third-order valence-corrected chi connectivity index (χ3v) is 3.19. The maximum absolute atomic E-state index is 8.93. The zero-order chi connectivity index (χ0) is 14.3. The minimum absolute atomic E-state index is 0.320. The molecule has 0 saturated carbocycles. The Morgan fingerprint density at radius 1 is 1.32 bits per heavy atom. The maximum Gasteiger partial charge on any atom is 0.119 e. The van der Waals surface area contributed by atoms with Crippen molar-refractivity contribution < 1.29 is 4.74 Å². The van der Waals surface area contributed by atoms with Crippen LogP contribution in [0.5, 0.6) is 5.75 Å². The number of benzene rings is 1. The molecule has 0 amide bonds. The molecule has 0 aliphatic carbocycles. The van der Waals surface area contributed by atoms with E-state index in [1.54, 1.807) is 0 Å². The van der Waals surface area contributed by atoms with Crippen LogP contribution in [0.25, 0.3) is 0 Å². The molecule has 1 aromatic rings. The summed E-state index contributed by atoms with van der Waals surface area (Å²) < 4.78 is 5.67. The summed E-state index contributed by atoms with van der Waals surface area (Å²) in [4.78, 5) is 0. The lowest BCUT2D eigenvalue weighted by Gasteiger charge is -2.16. The van der Waals surface area contributed by atoms with E-state index in [0.29, 0.717) is 12.6 Å². The Labute approximate surface area is 116 Å². The largest absolute Gasteiger partial charge is 0.494 e.